The van der Waals surface area contributed by atoms with Gasteiger partial charge >= 0.3 is 29.6 Å². The molecule has 0 aromatic heterocycles. The number of phenolic OH excluding ortho intramolecular Hbond substituents is 1. The van der Waals surface area contributed by atoms with Crippen molar-refractivity contribution in [3.8, 4) is 28.4 Å². The molecule has 1 aliphatic carbocycles. The van der Waals surface area contributed by atoms with Gasteiger partial charge in [-0.2, -0.15) is 8.42 Å². The van der Waals surface area contributed by atoms with E-state index in [1.54, 1.807) is 24.3 Å². The zero-order valence-electron chi connectivity index (χ0n) is 17.4. The molecule has 0 bridgehead atoms. The van der Waals surface area contributed by atoms with E-state index in [0.29, 0.717) is 17.4 Å². The summed E-state index contributed by atoms with van der Waals surface area (Å²) in [7, 11) is -3.50. The number of carbonyl (C=O) groups excluding carboxylic acids is 2. The number of ether oxygens (including phenoxy) is 1. The van der Waals surface area contributed by atoms with Crippen LogP contribution in [0, 0.1) is 0 Å². The summed E-state index contributed by atoms with van der Waals surface area (Å²) in [4.78, 5) is 25.3. The van der Waals surface area contributed by atoms with Crippen LogP contribution in [0.15, 0.2) is 41.3 Å². The summed E-state index contributed by atoms with van der Waals surface area (Å²) in [6.45, 7) is 0. The van der Waals surface area contributed by atoms with E-state index < -0.39 is 66.0 Å². The molecule has 12 heteroatoms. The number of carbonyl (C=O) groups is 2. The number of methoxy groups -OCH3 is 1. The third-order valence-corrected chi connectivity index (χ3v) is 6.06. The second kappa shape index (κ2) is 8.36. The molecule has 3 aromatic rings. The molecule has 33 heavy (non-hydrogen) atoms. The minimum absolute atomic E-state index is 0. The molecular formula is C21H15N2NaO8S. The van der Waals surface area contributed by atoms with Crippen LogP contribution in [0.4, 0.5) is 11.4 Å². The Morgan fingerprint density at radius 1 is 0.909 bits per heavy atom. The van der Waals surface area contributed by atoms with Crippen molar-refractivity contribution < 1.29 is 67.1 Å². The van der Waals surface area contributed by atoms with Crippen LogP contribution in [0.2, 0.25) is 0 Å². The molecule has 0 saturated heterocycles. The fraction of sp³-hybridized carbons (Fsp3) is 0.0476. The van der Waals surface area contributed by atoms with E-state index in [-0.39, 0.29) is 40.8 Å². The van der Waals surface area contributed by atoms with Crippen molar-refractivity contribution in [2.45, 2.75) is 4.90 Å². The molecule has 0 radical (unpaired) electrons. The van der Waals surface area contributed by atoms with Crippen LogP contribution in [0.5, 0.6) is 17.2 Å². The molecule has 3 aromatic carbocycles. The van der Waals surface area contributed by atoms with Crippen molar-refractivity contribution in [3.63, 3.8) is 0 Å². The third kappa shape index (κ3) is 3.73. The number of hydrogen-bond acceptors (Lipinski definition) is 9. The van der Waals surface area contributed by atoms with Crippen LogP contribution < -0.4 is 50.9 Å². The average molecular weight is 478 g/mol. The van der Waals surface area contributed by atoms with Crippen LogP contribution in [-0.4, -0.2) is 36.8 Å². The van der Waals surface area contributed by atoms with E-state index in [0.717, 1.165) is 0 Å². The van der Waals surface area contributed by atoms with E-state index in [4.69, 9.17) is 16.2 Å². The second-order valence-corrected chi connectivity index (χ2v) is 8.41. The monoisotopic (exact) mass is 478 g/mol. The Labute approximate surface area is 209 Å². The number of anilines is 2. The number of hydrogen-bond donors (Lipinski definition) is 4. The first kappa shape index (κ1) is 24.6. The molecule has 164 valence electrons. The van der Waals surface area contributed by atoms with Crippen LogP contribution in [0.1, 0.15) is 31.8 Å². The molecular weight excluding hydrogens is 463 g/mol. The molecule has 0 atom stereocenters. The number of aromatic hydroxyl groups is 1. The average Bonchev–Trinajstić information content (AvgIpc) is 2.73. The number of nitrogens with two attached hydrogens (primary N) is 2. The van der Waals surface area contributed by atoms with Crippen molar-refractivity contribution in [3.05, 3.63) is 58.7 Å². The summed E-state index contributed by atoms with van der Waals surface area (Å²) in [6, 6.07) is 8.19. The predicted molar refractivity (Wildman–Crippen MR) is 111 cm³/mol. The van der Waals surface area contributed by atoms with Gasteiger partial charge in [-0.25, -0.2) is 0 Å². The maximum atomic E-state index is 13.2. The predicted octanol–water partition coefficient (Wildman–Crippen LogP) is -1.67. The minimum atomic E-state index is -4.97. The van der Waals surface area contributed by atoms with Gasteiger partial charge in [0.05, 0.1) is 23.8 Å². The molecule has 0 fully saturated rings. The summed E-state index contributed by atoms with van der Waals surface area (Å²) < 4.78 is 37.5. The summed E-state index contributed by atoms with van der Waals surface area (Å²) in [6.07, 6.45) is 0. The Bertz CT molecular complexity index is 1450. The van der Waals surface area contributed by atoms with Gasteiger partial charge in [0.2, 0.25) is 0 Å². The number of fused-ring (bicyclic) bond motifs is 2. The first-order valence-corrected chi connectivity index (χ1v) is 10.4. The minimum Gasteiger partial charge on any atom is -0.872 e. The number of phenols is 1. The van der Waals surface area contributed by atoms with Crippen molar-refractivity contribution in [1.82, 2.24) is 0 Å². The first-order valence-electron chi connectivity index (χ1n) is 8.97. The van der Waals surface area contributed by atoms with E-state index in [2.05, 4.69) is 0 Å². The summed E-state index contributed by atoms with van der Waals surface area (Å²) in [5.74, 6) is -3.49. The van der Waals surface area contributed by atoms with Gasteiger partial charge in [-0.05, 0) is 35.4 Å². The van der Waals surface area contributed by atoms with Gasteiger partial charge in [0, 0.05) is 16.9 Å². The Hall–Kier alpha value is -3.09. The smallest absolute Gasteiger partial charge is 0.872 e. The van der Waals surface area contributed by atoms with Crippen molar-refractivity contribution in [2.24, 2.45) is 0 Å². The Balaban J connectivity index is 0.00000306. The summed E-state index contributed by atoms with van der Waals surface area (Å²) >= 11 is 0. The Kier molecular flexibility index (Phi) is 6.22. The second-order valence-electron chi connectivity index (χ2n) is 7.02. The van der Waals surface area contributed by atoms with Crippen molar-refractivity contribution in [2.75, 3.05) is 18.6 Å². The molecule has 0 spiro atoms. The van der Waals surface area contributed by atoms with E-state index >= 15 is 0 Å². The zero-order chi connectivity index (χ0) is 23.5. The van der Waals surface area contributed by atoms with E-state index in [1.807, 2.05) is 0 Å². The molecule has 0 aliphatic heterocycles. The van der Waals surface area contributed by atoms with Gasteiger partial charge in [-0.15, -0.1) is 0 Å². The normalized spacial score (nSPS) is 12.5. The maximum Gasteiger partial charge on any atom is 1.00 e. The Morgan fingerprint density at radius 3 is 1.97 bits per heavy atom. The summed E-state index contributed by atoms with van der Waals surface area (Å²) in [5.41, 5.74) is 9.18. The zero-order valence-corrected chi connectivity index (χ0v) is 20.2. The SMILES string of the molecule is COc1ccc(-c2cc(N)c3c(c2[O-])C(=O)c2c(N)cc(S(=O)(=O)O)c(O)c2C3=O)cc1.[Na+]. The van der Waals surface area contributed by atoms with Crippen molar-refractivity contribution in [1.29, 1.82) is 0 Å². The fourth-order valence-electron chi connectivity index (χ4n) is 3.71. The molecule has 10 nitrogen and oxygen atoms in total. The number of rotatable bonds is 3. The topological polar surface area (TPSA) is 193 Å². The van der Waals surface area contributed by atoms with Gasteiger partial charge in [-0.3, -0.25) is 14.1 Å². The fourth-order valence-corrected chi connectivity index (χ4v) is 4.33. The number of benzene rings is 3. The van der Waals surface area contributed by atoms with Crippen LogP contribution >= 0.6 is 0 Å². The quantitative estimate of drug-likeness (QED) is 0.114. The molecule has 0 amide bonds. The van der Waals surface area contributed by atoms with E-state index in [9.17, 15) is 32.8 Å². The number of ketones is 2. The van der Waals surface area contributed by atoms with Gasteiger partial charge < -0.3 is 26.4 Å². The van der Waals surface area contributed by atoms with Gasteiger partial charge in [0.1, 0.15) is 16.4 Å². The standard InChI is InChI=1S/C21H16N2O8S.Na/c1-31-9-4-2-8(3-5-9)10-6-11(22)14-16(18(10)24)20(26)15-12(23)7-13(32(28,29)30)19(25)17(15)21(14)27;/h2-7,24-25H,22-23H2,1H3,(H,28,29,30);/q;+1/p-1. The van der Waals surface area contributed by atoms with Gasteiger partial charge in [-0.1, -0.05) is 17.9 Å². The summed E-state index contributed by atoms with van der Waals surface area (Å²) in [5, 5.41) is 23.6. The van der Waals surface area contributed by atoms with Crippen molar-refractivity contribution >= 4 is 33.1 Å². The third-order valence-electron chi connectivity index (χ3n) is 5.19. The van der Waals surface area contributed by atoms with Crippen LogP contribution in [0.25, 0.3) is 11.1 Å². The van der Waals surface area contributed by atoms with Crippen LogP contribution in [0.3, 0.4) is 0 Å². The molecule has 1 aliphatic rings. The Morgan fingerprint density at radius 2 is 1.42 bits per heavy atom. The first-order chi connectivity index (χ1) is 15.0. The van der Waals surface area contributed by atoms with Gasteiger partial charge in [0.25, 0.3) is 10.1 Å². The van der Waals surface area contributed by atoms with E-state index in [1.165, 1.54) is 13.2 Å². The van der Waals surface area contributed by atoms with Crippen LogP contribution in [-0.2, 0) is 10.1 Å². The largest absolute Gasteiger partial charge is 1.00 e. The molecule has 6 N–H and O–H groups in total. The molecule has 0 unspecified atom stereocenters. The molecule has 0 heterocycles. The number of nitrogen functional groups attached to an aromatic ring is 2. The molecule has 0 saturated carbocycles. The van der Waals surface area contributed by atoms with Gasteiger partial charge in [0.15, 0.2) is 11.6 Å². The maximum absolute atomic E-state index is 13.2. The molecule has 4 rings (SSSR count).